The third-order valence-electron chi connectivity index (χ3n) is 4.90. The molecule has 1 aliphatic heterocycles. The number of amides is 1. The molecule has 3 rings (SSSR count). The Morgan fingerprint density at radius 3 is 2.33 bits per heavy atom. The van der Waals surface area contributed by atoms with Crippen LogP contribution in [0.3, 0.4) is 0 Å². The predicted molar refractivity (Wildman–Crippen MR) is 111 cm³/mol. The molecule has 1 saturated heterocycles. The van der Waals surface area contributed by atoms with Crippen LogP contribution in [0.1, 0.15) is 29.1 Å². The second-order valence-corrected chi connectivity index (χ2v) is 8.62. The number of carbonyl (C=O) groups excluding carboxylic acids is 2. The largest absolute Gasteiger partial charge is 0.325 e. The molecule has 5 nitrogen and oxygen atoms in total. The average molecular weight is 406 g/mol. The maximum absolute atomic E-state index is 12.6. The normalized spacial score (nSPS) is 16.9. The molecule has 0 bridgehead atoms. The van der Waals surface area contributed by atoms with E-state index < -0.39 is 0 Å². The third kappa shape index (κ3) is 5.39. The fourth-order valence-corrected chi connectivity index (χ4v) is 4.30. The lowest BCUT2D eigenvalue weighted by molar-refractivity contribution is -0.121. The van der Waals surface area contributed by atoms with Crippen molar-refractivity contribution in [1.29, 1.82) is 0 Å². The van der Waals surface area contributed by atoms with E-state index in [4.69, 9.17) is 11.6 Å². The van der Waals surface area contributed by atoms with E-state index in [0.29, 0.717) is 11.3 Å². The minimum Gasteiger partial charge on any atom is -0.325 e. The summed E-state index contributed by atoms with van der Waals surface area (Å²) in [4.78, 5) is 29.8. The van der Waals surface area contributed by atoms with E-state index >= 15 is 0 Å². The number of rotatable bonds is 6. The number of nitrogens with one attached hydrogen (secondary N) is 1. The van der Waals surface area contributed by atoms with E-state index in [1.54, 1.807) is 35.6 Å². The predicted octanol–water partition coefficient (Wildman–Crippen LogP) is 3.75. The quantitative estimate of drug-likeness (QED) is 0.743. The number of carbonyl (C=O) groups is 2. The van der Waals surface area contributed by atoms with Gasteiger partial charge in [-0.1, -0.05) is 11.6 Å². The van der Waals surface area contributed by atoms with Crippen LogP contribution in [0, 0.1) is 0 Å². The number of ketones is 1. The zero-order valence-corrected chi connectivity index (χ0v) is 17.1. The minimum atomic E-state index is -0.198. The standard InChI is InChI=1S/C20H24ClN3O2S/c1-14(20(26)22-17-5-3-16(4-6-17)15(2)25)24-11-9-23(10-12-24)13-18-7-8-19(21)27-18/h3-8,14H,9-13H2,1-2H3,(H,22,26)/t14-/m1/s1. The molecule has 0 saturated carbocycles. The van der Waals surface area contributed by atoms with Crippen LogP contribution in [0.25, 0.3) is 0 Å². The first-order chi connectivity index (χ1) is 12.9. The highest BCUT2D eigenvalue weighted by molar-refractivity contribution is 7.16. The average Bonchev–Trinajstić information content (AvgIpc) is 3.07. The molecule has 1 N–H and O–H groups in total. The summed E-state index contributed by atoms with van der Waals surface area (Å²) >= 11 is 7.62. The molecule has 27 heavy (non-hydrogen) atoms. The number of hydrogen-bond donors (Lipinski definition) is 1. The first-order valence-electron chi connectivity index (χ1n) is 9.05. The Balaban J connectivity index is 1.48. The number of Topliss-reactive ketones (excluding diaryl/α,β-unsaturated/α-hetero) is 1. The monoisotopic (exact) mass is 405 g/mol. The van der Waals surface area contributed by atoms with Gasteiger partial charge in [0.25, 0.3) is 0 Å². The van der Waals surface area contributed by atoms with Crippen molar-refractivity contribution in [1.82, 2.24) is 9.80 Å². The molecule has 144 valence electrons. The Morgan fingerprint density at radius 2 is 1.78 bits per heavy atom. The summed E-state index contributed by atoms with van der Waals surface area (Å²) in [7, 11) is 0. The van der Waals surface area contributed by atoms with Crippen molar-refractivity contribution in [3.8, 4) is 0 Å². The molecule has 1 aromatic carbocycles. The zero-order valence-electron chi connectivity index (χ0n) is 15.6. The number of thiophene rings is 1. The molecule has 1 aliphatic rings. The first-order valence-corrected chi connectivity index (χ1v) is 10.2. The molecule has 1 atom stereocenters. The summed E-state index contributed by atoms with van der Waals surface area (Å²) in [6, 6.07) is 10.8. The van der Waals surface area contributed by atoms with Crippen LogP contribution in [0.4, 0.5) is 5.69 Å². The van der Waals surface area contributed by atoms with Gasteiger partial charge in [-0.15, -0.1) is 11.3 Å². The van der Waals surface area contributed by atoms with Gasteiger partial charge in [0.15, 0.2) is 5.78 Å². The van der Waals surface area contributed by atoms with Gasteiger partial charge in [0.05, 0.1) is 10.4 Å². The fourth-order valence-electron chi connectivity index (χ4n) is 3.17. The Hall–Kier alpha value is -1.73. The smallest absolute Gasteiger partial charge is 0.241 e. The van der Waals surface area contributed by atoms with Crippen molar-refractivity contribution in [3.05, 3.63) is 51.2 Å². The van der Waals surface area contributed by atoms with Crippen LogP contribution in [0.15, 0.2) is 36.4 Å². The maximum atomic E-state index is 12.6. The lowest BCUT2D eigenvalue weighted by atomic mass is 10.1. The maximum Gasteiger partial charge on any atom is 0.241 e. The second kappa shape index (κ2) is 8.97. The molecule has 0 aliphatic carbocycles. The van der Waals surface area contributed by atoms with E-state index in [1.165, 1.54) is 11.8 Å². The van der Waals surface area contributed by atoms with Gasteiger partial charge in [-0.05, 0) is 50.2 Å². The van der Waals surface area contributed by atoms with Crippen LogP contribution in [-0.2, 0) is 11.3 Å². The Kier molecular flexibility index (Phi) is 6.65. The molecule has 0 unspecified atom stereocenters. The van der Waals surface area contributed by atoms with Crippen molar-refractivity contribution in [3.63, 3.8) is 0 Å². The molecule has 0 spiro atoms. The highest BCUT2D eigenvalue weighted by atomic mass is 35.5. The van der Waals surface area contributed by atoms with Crippen molar-refractivity contribution < 1.29 is 9.59 Å². The summed E-state index contributed by atoms with van der Waals surface area (Å²) in [6.07, 6.45) is 0. The summed E-state index contributed by atoms with van der Waals surface area (Å²) in [5.41, 5.74) is 1.36. The summed E-state index contributed by atoms with van der Waals surface area (Å²) in [6.45, 7) is 7.96. The fraction of sp³-hybridized carbons (Fsp3) is 0.400. The van der Waals surface area contributed by atoms with Gasteiger partial charge in [0.2, 0.25) is 5.91 Å². The molecular formula is C20H24ClN3O2S. The van der Waals surface area contributed by atoms with Crippen LogP contribution in [0.2, 0.25) is 4.34 Å². The topological polar surface area (TPSA) is 52.7 Å². The van der Waals surface area contributed by atoms with Gasteiger partial charge in [0.1, 0.15) is 0 Å². The summed E-state index contributed by atoms with van der Waals surface area (Å²) in [5.74, 6) is -0.00648. The Labute approximate surface area is 168 Å². The number of piperazine rings is 1. The molecule has 2 heterocycles. The van der Waals surface area contributed by atoms with Crippen molar-refractivity contribution in [2.24, 2.45) is 0 Å². The lowest BCUT2D eigenvalue weighted by Crippen LogP contribution is -2.52. The third-order valence-corrected chi connectivity index (χ3v) is 6.12. The van der Waals surface area contributed by atoms with Crippen LogP contribution >= 0.6 is 22.9 Å². The Bertz CT molecular complexity index is 798. The van der Waals surface area contributed by atoms with Crippen molar-refractivity contribution in [2.75, 3.05) is 31.5 Å². The number of hydrogen-bond acceptors (Lipinski definition) is 5. The van der Waals surface area contributed by atoms with Gasteiger partial charge in [-0.3, -0.25) is 19.4 Å². The molecule has 1 aromatic heterocycles. The Morgan fingerprint density at radius 1 is 1.11 bits per heavy atom. The number of nitrogens with zero attached hydrogens (tertiary/aromatic N) is 2. The first kappa shape index (κ1) is 20.0. The van der Waals surface area contributed by atoms with Gasteiger partial charge >= 0.3 is 0 Å². The number of anilines is 1. The van der Waals surface area contributed by atoms with E-state index in [9.17, 15) is 9.59 Å². The number of halogens is 1. The van der Waals surface area contributed by atoms with E-state index in [-0.39, 0.29) is 17.7 Å². The van der Waals surface area contributed by atoms with Gasteiger partial charge in [-0.2, -0.15) is 0 Å². The van der Waals surface area contributed by atoms with Gasteiger partial charge < -0.3 is 5.32 Å². The molecule has 0 radical (unpaired) electrons. The van der Waals surface area contributed by atoms with Gasteiger partial charge in [-0.25, -0.2) is 0 Å². The van der Waals surface area contributed by atoms with Crippen molar-refractivity contribution in [2.45, 2.75) is 26.4 Å². The van der Waals surface area contributed by atoms with E-state index in [2.05, 4.69) is 21.2 Å². The van der Waals surface area contributed by atoms with E-state index in [1.807, 2.05) is 13.0 Å². The summed E-state index contributed by atoms with van der Waals surface area (Å²) < 4.78 is 0.824. The lowest BCUT2D eigenvalue weighted by Gasteiger charge is -2.37. The second-order valence-electron chi connectivity index (χ2n) is 6.82. The highest BCUT2D eigenvalue weighted by Crippen LogP contribution is 2.23. The SMILES string of the molecule is CC(=O)c1ccc(NC(=O)[C@@H](C)N2CCN(Cc3ccc(Cl)s3)CC2)cc1. The van der Waals surface area contributed by atoms with Crippen LogP contribution in [-0.4, -0.2) is 53.7 Å². The molecule has 1 fully saturated rings. The molecule has 2 aromatic rings. The molecule has 7 heteroatoms. The van der Waals surface area contributed by atoms with Crippen molar-refractivity contribution >= 4 is 40.3 Å². The zero-order chi connectivity index (χ0) is 19.4. The van der Waals surface area contributed by atoms with Crippen LogP contribution < -0.4 is 5.32 Å². The molecule has 1 amide bonds. The minimum absolute atomic E-state index is 0.0175. The van der Waals surface area contributed by atoms with Gasteiger partial charge in [0, 0.05) is 48.9 Å². The van der Waals surface area contributed by atoms with Crippen LogP contribution in [0.5, 0.6) is 0 Å². The summed E-state index contributed by atoms with van der Waals surface area (Å²) in [5, 5.41) is 2.94. The highest BCUT2D eigenvalue weighted by Gasteiger charge is 2.25. The molecular weight excluding hydrogens is 382 g/mol. The number of benzene rings is 1. The van der Waals surface area contributed by atoms with E-state index in [0.717, 1.165) is 37.1 Å².